The molecule has 0 unspecified atom stereocenters. The maximum absolute atomic E-state index is 14.1. The van der Waals surface area contributed by atoms with Crippen LogP contribution in [-0.2, 0) is 0 Å². The number of benzene rings is 1. The number of aliphatic hydroxyl groups excluding tert-OH is 1. The number of nitrogens with one attached hydrogen (secondary N) is 1. The van der Waals surface area contributed by atoms with E-state index in [2.05, 4.69) is 21.1 Å². The molecule has 0 bridgehead atoms. The molecule has 0 saturated heterocycles. The van der Waals surface area contributed by atoms with E-state index in [4.69, 9.17) is 33.0 Å². The van der Waals surface area contributed by atoms with E-state index in [1.54, 1.807) is 12.1 Å². The van der Waals surface area contributed by atoms with Gasteiger partial charge < -0.3 is 19.6 Å². The van der Waals surface area contributed by atoms with Gasteiger partial charge in [-0.3, -0.25) is 0 Å². The number of nitrogens with zero attached hydrogens (tertiary/aromatic N) is 4. The summed E-state index contributed by atoms with van der Waals surface area (Å²) in [5.41, 5.74) is 0.807. The molecule has 8 nitrogen and oxygen atoms in total. The van der Waals surface area contributed by atoms with E-state index in [0.717, 1.165) is 4.68 Å². The van der Waals surface area contributed by atoms with Crippen molar-refractivity contribution in [1.29, 1.82) is 5.26 Å². The Labute approximate surface area is 201 Å². The Kier molecular flexibility index (Phi) is 5.31. The molecule has 2 N–H and O–H groups in total. The van der Waals surface area contributed by atoms with Crippen LogP contribution in [-0.4, -0.2) is 60.3 Å². The molecule has 5 rings (SSSR count). The molecule has 0 spiro atoms. The molecule has 1 aromatic carbocycles. The molecule has 3 aromatic heterocycles. The van der Waals surface area contributed by atoms with Crippen LogP contribution in [0.2, 0.25) is 0 Å². The number of fused-ring (bicyclic) bond motifs is 2. The molecule has 1 aliphatic heterocycles. The Morgan fingerprint density at radius 1 is 1.26 bits per heavy atom. The summed E-state index contributed by atoms with van der Waals surface area (Å²) >= 11 is 0. The molecular weight excluding hydrogens is 453 g/mol. The van der Waals surface area contributed by atoms with E-state index in [0.29, 0.717) is 22.2 Å². The minimum atomic E-state index is -2.98. The molecule has 166 valence electrons. The Morgan fingerprint density at radius 3 is 2.77 bits per heavy atom. The lowest BCUT2D eigenvalue weighted by Gasteiger charge is -2.23. The van der Waals surface area contributed by atoms with Crippen LogP contribution < -0.4 is 9.47 Å². The first-order valence-electron chi connectivity index (χ1n) is 10.2. The fourth-order valence-corrected chi connectivity index (χ4v) is 3.95. The van der Waals surface area contributed by atoms with Crippen LogP contribution in [0.3, 0.4) is 0 Å². The van der Waals surface area contributed by atoms with Crippen molar-refractivity contribution in [2.75, 3.05) is 6.61 Å². The van der Waals surface area contributed by atoms with Crippen LogP contribution in [0.1, 0.15) is 17.7 Å². The van der Waals surface area contributed by atoms with Crippen molar-refractivity contribution in [1.82, 2.24) is 19.7 Å². The topological polar surface area (TPSA) is 109 Å². The third-order valence-electron chi connectivity index (χ3n) is 5.22. The highest BCUT2D eigenvalue weighted by molar-refractivity contribution is 6.58. The molecule has 13 heteroatoms. The SMILES string of the molecule is [B]C([B])([B])Oc1ccc(C#N)c(-c2c(-c3c(C(F)F)nn4c3OCC(O)=C4)[nH]c3ncccc23)c1. The van der Waals surface area contributed by atoms with Gasteiger partial charge in [0.05, 0.1) is 29.1 Å². The maximum atomic E-state index is 14.1. The number of rotatable bonds is 5. The molecule has 35 heavy (non-hydrogen) atoms. The van der Waals surface area contributed by atoms with Crippen molar-refractivity contribution in [2.45, 2.75) is 11.7 Å². The molecule has 0 amide bonds. The lowest BCUT2D eigenvalue weighted by Crippen LogP contribution is -2.37. The number of H-pyrrole nitrogens is 1. The number of halogens is 2. The highest BCUT2D eigenvalue weighted by Crippen LogP contribution is 2.47. The highest BCUT2D eigenvalue weighted by Gasteiger charge is 2.32. The first-order valence-corrected chi connectivity index (χ1v) is 10.2. The first kappa shape index (κ1) is 22.6. The molecule has 0 saturated carbocycles. The summed E-state index contributed by atoms with van der Waals surface area (Å²) in [6, 6.07) is 9.87. The fourth-order valence-electron chi connectivity index (χ4n) is 3.95. The van der Waals surface area contributed by atoms with Crippen LogP contribution in [0.4, 0.5) is 8.78 Å². The van der Waals surface area contributed by atoms with E-state index in [1.165, 1.54) is 30.6 Å². The van der Waals surface area contributed by atoms with Gasteiger partial charge in [-0.15, -0.1) is 0 Å². The van der Waals surface area contributed by atoms with Gasteiger partial charge >= 0.3 is 0 Å². The van der Waals surface area contributed by atoms with Crippen molar-refractivity contribution in [2.24, 2.45) is 0 Å². The molecule has 4 aromatic rings. The van der Waals surface area contributed by atoms with Gasteiger partial charge in [0.25, 0.3) is 6.43 Å². The molecule has 1 aliphatic rings. The van der Waals surface area contributed by atoms with E-state index in [9.17, 15) is 19.1 Å². The zero-order chi connectivity index (χ0) is 24.9. The monoisotopic (exact) mass is 465 g/mol. The summed E-state index contributed by atoms with van der Waals surface area (Å²) in [5.74, 6) is -0.0519. The number of pyridine rings is 1. The number of ether oxygens (including phenoxy) is 2. The highest BCUT2D eigenvalue weighted by atomic mass is 19.3. The van der Waals surface area contributed by atoms with Gasteiger partial charge in [-0.25, -0.2) is 18.4 Å². The predicted molar refractivity (Wildman–Crippen MR) is 125 cm³/mol. The van der Waals surface area contributed by atoms with Crippen LogP contribution in [0.5, 0.6) is 11.6 Å². The number of aliphatic hydroxyl groups is 1. The second kappa shape index (κ2) is 8.23. The van der Waals surface area contributed by atoms with Gasteiger partial charge in [-0.1, -0.05) is 0 Å². The summed E-state index contributed by atoms with van der Waals surface area (Å²) in [6.45, 7) is -0.229. The molecule has 0 atom stereocenters. The van der Waals surface area contributed by atoms with Gasteiger partial charge in [-0.05, 0) is 35.6 Å². The number of nitriles is 1. The Morgan fingerprint density at radius 2 is 2.06 bits per heavy atom. The minimum absolute atomic E-state index is 0.0123. The molecule has 6 radical (unpaired) electrons. The number of alkyl halides is 2. The third-order valence-corrected chi connectivity index (χ3v) is 5.22. The fraction of sp³-hybridized carbons (Fsp3) is 0.136. The summed E-state index contributed by atoms with van der Waals surface area (Å²) in [6.07, 6.45) is -0.263. The Balaban J connectivity index is 1.84. The quantitative estimate of drug-likeness (QED) is 0.439. The van der Waals surface area contributed by atoms with Crippen LogP contribution >= 0.6 is 0 Å². The Bertz CT molecular complexity index is 1540. The normalized spacial score (nSPS) is 13.3. The second-order valence-electron chi connectivity index (χ2n) is 7.77. The molecule has 4 heterocycles. The van der Waals surface area contributed by atoms with E-state index < -0.39 is 17.4 Å². The van der Waals surface area contributed by atoms with Crippen LogP contribution in [0, 0.1) is 11.3 Å². The number of hydrogen-bond acceptors (Lipinski definition) is 6. The minimum Gasteiger partial charge on any atom is -0.516 e. The van der Waals surface area contributed by atoms with Gasteiger partial charge in [0.15, 0.2) is 0 Å². The average molecular weight is 465 g/mol. The largest absolute Gasteiger partial charge is 0.516 e. The number of aromatic amines is 1. The first-order chi connectivity index (χ1) is 16.7. The molecule has 0 fully saturated rings. The number of aromatic nitrogens is 4. The standard InChI is InChI=1S/C22H12B3F2N5O3/c23-22(24,25)35-12-4-3-10(7-28)14(6-12)15-13-2-1-5-29-20(13)30-17(15)16-18(19(26)27)31-32-8-11(33)9-34-21(16)32/h1-6,8,19,33H,9H2,(H,29,30). The summed E-state index contributed by atoms with van der Waals surface area (Å²) in [7, 11) is 16.7. The number of hydrogen-bond donors (Lipinski definition) is 2. The average Bonchev–Trinajstić information content (AvgIpc) is 3.35. The second-order valence-corrected chi connectivity index (χ2v) is 7.77. The third kappa shape index (κ3) is 4.01. The zero-order valence-electron chi connectivity index (χ0n) is 17.9. The smallest absolute Gasteiger partial charge is 0.283 e. The van der Waals surface area contributed by atoms with Crippen molar-refractivity contribution < 1.29 is 23.4 Å². The van der Waals surface area contributed by atoms with Gasteiger partial charge in [0.2, 0.25) is 5.88 Å². The van der Waals surface area contributed by atoms with Crippen molar-refractivity contribution in [3.05, 3.63) is 53.5 Å². The van der Waals surface area contributed by atoms with Gasteiger partial charge in [-0.2, -0.15) is 10.4 Å². The Hall–Kier alpha value is -4.20. The molecule has 0 aliphatic carbocycles. The van der Waals surface area contributed by atoms with Crippen molar-refractivity contribution >= 4 is 40.8 Å². The predicted octanol–water partition coefficient (Wildman–Crippen LogP) is 3.15. The van der Waals surface area contributed by atoms with Crippen molar-refractivity contribution in [3.63, 3.8) is 0 Å². The summed E-state index contributed by atoms with van der Waals surface area (Å²) < 4.78 is 40.2. The van der Waals surface area contributed by atoms with E-state index in [-0.39, 0.29) is 40.8 Å². The van der Waals surface area contributed by atoms with Gasteiger partial charge in [0.1, 0.15) is 53.0 Å². The lowest BCUT2D eigenvalue weighted by molar-refractivity contribution is 0.146. The van der Waals surface area contributed by atoms with Crippen LogP contribution in [0.25, 0.3) is 39.6 Å². The van der Waals surface area contributed by atoms with Crippen LogP contribution in [0.15, 0.2) is 42.3 Å². The van der Waals surface area contributed by atoms with E-state index in [1.807, 2.05) is 0 Å². The molecular formula is C22H12B3F2N5O3. The zero-order valence-corrected chi connectivity index (χ0v) is 17.9. The maximum Gasteiger partial charge on any atom is 0.283 e. The lowest BCUT2D eigenvalue weighted by atomic mass is 9.52. The van der Waals surface area contributed by atoms with Gasteiger partial charge in [0, 0.05) is 22.7 Å². The van der Waals surface area contributed by atoms with E-state index >= 15 is 0 Å². The summed E-state index contributed by atoms with van der Waals surface area (Å²) in [5, 5.41) is 22.1. The van der Waals surface area contributed by atoms with Crippen molar-refractivity contribution in [3.8, 4) is 40.1 Å². The summed E-state index contributed by atoms with van der Waals surface area (Å²) in [4.78, 5) is 7.35.